The van der Waals surface area contributed by atoms with Gasteiger partial charge in [-0.25, -0.2) is 9.13 Å². The maximum absolute atomic E-state index is 13.0. The van der Waals surface area contributed by atoms with Crippen LogP contribution in [0.25, 0.3) is 0 Å². The second kappa shape index (κ2) is 56.1. The number of phosphoric acid groups is 2. The predicted molar refractivity (Wildman–Crippen MR) is 340 cm³/mol. The van der Waals surface area contributed by atoms with E-state index in [9.17, 15) is 43.2 Å². The summed E-state index contributed by atoms with van der Waals surface area (Å²) in [5.41, 5.74) is 0. The van der Waals surface area contributed by atoms with Gasteiger partial charge in [-0.05, 0) is 49.4 Å². The summed E-state index contributed by atoms with van der Waals surface area (Å²) in [5.74, 6) is 0.741. The number of aliphatic hydroxyl groups excluding tert-OH is 1. The summed E-state index contributed by atoms with van der Waals surface area (Å²) >= 11 is 0. The summed E-state index contributed by atoms with van der Waals surface area (Å²) in [6.45, 7) is 13.9. The van der Waals surface area contributed by atoms with E-state index in [0.717, 1.165) is 115 Å². The number of carbonyl (C=O) groups excluding carboxylic acids is 4. The average Bonchev–Trinajstić information content (AvgIpc) is 3.57. The van der Waals surface area contributed by atoms with Crippen LogP contribution in [0.15, 0.2) is 0 Å². The first-order valence-corrected chi connectivity index (χ1v) is 37.2. The molecule has 19 heteroatoms. The molecule has 85 heavy (non-hydrogen) atoms. The maximum Gasteiger partial charge on any atom is 0.472 e. The molecule has 504 valence electrons. The van der Waals surface area contributed by atoms with Crippen molar-refractivity contribution >= 4 is 39.5 Å². The lowest BCUT2D eigenvalue weighted by Crippen LogP contribution is -2.30. The number of hydrogen-bond acceptors (Lipinski definition) is 15. The highest BCUT2D eigenvalue weighted by Crippen LogP contribution is 2.45. The summed E-state index contributed by atoms with van der Waals surface area (Å²) in [7, 11) is -9.89. The van der Waals surface area contributed by atoms with Crippen molar-refractivity contribution in [3.63, 3.8) is 0 Å². The molecule has 0 saturated heterocycles. The van der Waals surface area contributed by atoms with Gasteiger partial charge in [-0.3, -0.25) is 37.3 Å². The zero-order chi connectivity index (χ0) is 63.2. The Morgan fingerprint density at radius 1 is 0.294 bits per heavy atom. The van der Waals surface area contributed by atoms with E-state index in [2.05, 4.69) is 55.4 Å². The van der Waals surface area contributed by atoms with Crippen molar-refractivity contribution < 1.29 is 80.2 Å². The van der Waals surface area contributed by atoms with Crippen LogP contribution in [0.5, 0.6) is 0 Å². The summed E-state index contributed by atoms with van der Waals surface area (Å²) in [5, 5.41) is 10.5. The molecule has 0 aliphatic carbocycles. The van der Waals surface area contributed by atoms with Gasteiger partial charge in [0.1, 0.15) is 19.3 Å². The third-order valence-corrected chi connectivity index (χ3v) is 17.0. The molecule has 5 atom stereocenters. The third kappa shape index (κ3) is 60.7. The molecule has 0 radical (unpaired) electrons. The first-order chi connectivity index (χ1) is 40.6. The fourth-order valence-corrected chi connectivity index (χ4v) is 11.4. The van der Waals surface area contributed by atoms with Gasteiger partial charge in [-0.15, -0.1) is 0 Å². The number of hydrogen-bond donors (Lipinski definition) is 3. The van der Waals surface area contributed by atoms with E-state index in [4.69, 9.17) is 37.0 Å². The summed E-state index contributed by atoms with van der Waals surface area (Å²) in [6, 6.07) is 0. The summed E-state index contributed by atoms with van der Waals surface area (Å²) in [4.78, 5) is 72.3. The Labute approximate surface area is 517 Å². The normalized spacial score (nSPS) is 14.4. The van der Waals surface area contributed by atoms with Crippen LogP contribution < -0.4 is 0 Å². The number of aliphatic hydroxyl groups is 1. The number of unbranched alkanes of at least 4 members (excludes halogenated alkanes) is 29. The quantitative estimate of drug-likeness (QED) is 0.0222. The molecule has 0 bridgehead atoms. The monoisotopic (exact) mass is 1250 g/mol. The highest BCUT2D eigenvalue weighted by molar-refractivity contribution is 7.47. The Bertz CT molecular complexity index is 1700. The summed E-state index contributed by atoms with van der Waals surface area (Å²) < 4.78 is 68.0. The average molecular weight is 1260 g/mol. The lowest BCUT2D eigenvalue weighted by Gasteiger charge is -2.21. The SMILES string of the molecule is CC(C)CCCCCCCCCCCCCCC(=O)O[C@H](COC(=O)CCCCCCCCCC(C)C)COP(=O)(O)OC[C@@H](O)COP(=O)(O)OC[C@@H](COC(=O)CCCCCCCCC(C)C)OC(=O)CCCCCCCCCCC(C)C. The van der Waals surface area contributed by atoms with Gasteiger partial charge in [-0.1, -0.05) is 267 Å². The number of rotatable bonds is 63. The van der Waals surface area contributed by atoms with Gasteiger partial charge < -0.3 is 33.8 Å². The molecule has 0 spiro atoms. The fraction of sp³-hybridized carbons (Fsp3) is 0.939. The minimum Gasteiger partial charge on any atom is -0.462 e. The van der Waals surface area contributed by atoms with E-state index in [-0.39, 0.29) is 25.7 Å². The standard InChI is InChI=1S/C66H128O17P2/c1-56(2)42-34-26-18-13-11-9-10-12-14-21-32-40-48-65(70)82-61(52-76-63(68)46-38-30-23-17-20-28-36-44-58(5)6)54-80-84(72,73)78-50-60(67)51-79-85(74,75)81-55-62(53-77-64(69)47-39-31-25-24-29-37-45-59(7)8)83-66(71)49-41-33-22-16-15-19-27-35-43-57(3)4/h56-62,67H,9-55H2,1-8H3,(H,72,73)(H,74,75)/t60-,61-,62-/m1/s1. The van der Waals surface area contributed by atoms with Crippen LogP contribution in [-0.2, 0) is 65.4 Å². The Balaban J connectivity index is 5.24. The van der Waals surface area contributed by atoms with Gasteiger partial charge in [0.15, 0.2) is 12.2 Å². The molecule has 0 aliphatic heterocycles. The highest BCUT2D eigenvalue weighted by atomic mass is 31.2. The molecule has 0 amide bonds. The molecule has 0 aliphatic rings. The van der Waals surface area contributed by atoms with Crippen molar-refractivity contribution in [3.8, 4) is 0 Å². The molecule has 0 aromatic carbocycles. The molecule has 2 unspecified atom stereocenters. The van der Waals surface area contributed by atoms with Crippen LogP contribution in [0.1, 0.15) is 319 Å². The molecule has 0 aromatic heterocycles. The molecule has 0 fully saturated rings. The maximum atomic E-state index is 13.0. The molecular formula is C66H128O17P2. The minimum atomic E-state index is -4.95. The second-order valence-electron chi connectivity index (χ2n) is 25.8. The minimum absolute atomic E-state index is 0.103. The van der Waals surface area contributed by atoms with Gasteiger partial charge >= 0.3 is 39.5 Å². The predicted octanol–water partition coefficient (Wildman–Crippen LogP) is 18.1. The molecular weight excluding hydrogens is 1130 g/mol. The van der Waals surface area contributed by atoms with Gasteiger partial charge in [0.2, 0.25) is 0 Å². The Hall–Kier alpha value is -1.94. The van der Waals surface area contributed by atoms with Gasteiger partial charge in [0.05, 0.1) is 26.4 Å². The van der Waals surface area contributed by atoms with E-state index < -0.39 is 97.5 Å². The Kier molecular flexibility index (Phi) is 54.8. The van der Waals surface area contributed by atoms with Crippen molar-refractivity contribution in [2.45, 2.75) is 337 Å². The number of phosphoric ester groups is 2. The number of esters is 4. The first kappa shape index (κ1) is 83.1. The van der Waals surface area contributed by atoms with E-state index in [0.29, 0.717) is 37.5 Å². The summed E-state index contributed by atoms with van der Waals surface area (Å²) in [6.07, 6.45) is 36.5. The van der Waals surface area contributed by atoms with Gasteiger partial charge in [0.25, 0.3) is 0 Å². The largest absolute Gasteiger partial charge is 0.472 e. The molecule has 0 saturated carbocycles. The zero-order valence-corrected chi connectivity index (χ0v) is 57.0. The first-order valence-electron chi connectivity index (χ1n) is 34.2. The van der Waals surface area contributed by atoms with Crippen LogP contribution in [0, 0.1) is 23.7 Å². The van der Waals surface area contributed by atoms with Crippen molar-refractivity contribution in [1.29, 1.82) is 0 Å². The van der Waals surface area contributed by atoms with E-state index in [1.807, 2.05) is 0 Å². The van der Waals surface area contributed by atoms with Crippen LogP contribution in [0.3, 0.4) is 0 Å². The van der Waals surface area contributed by atoms with Crippen molar-refractivity contribution in [3.05, 3.63) is 0 Å². The highest BCUT2D eigenvalue weighted by Gasteiger charge is 2.30. The van der Waals surface area contributed by atoms with Crippen molar-refractivity contribution in [2.75, 3.05) is 39.6 Å². The Morgan fingerprint density at radius 3 is 0.729 bits per heavy atom. The number of ether oxygens (including phenoxy) is 4. The van der Waals surface area contributed by atoms with Crippen molar-refractivity contribution in [2.24, 2.45) is 23.7 Å². The fourth-order valence-electron chi connectivity index (χ4n) is 9.78. The van der Waals surface area contributed by atoms with Crippen LogP contribution in [0.2, 0.25) is 0 Å². The molecule has 17 nitrogen and oxygen atoms in total. The Morgan fingerprint density at radius 2 is 0.494 bits per heavy atom. The molecule has 0 aromatic rings. The molecule has 0 heterocycles. The smallest absolute Gasteiger partial charge is 0.462 e. The van der Waals surface area contributed by atoms with E-state index in [1.54, 1.807) is 0 Å². The lowest BCUT2D eigenvalue weighted by molar-refractivity contribution is -0.161. The molecule has 3 N–H and O–H groups in total. The van der Waals surface area contributed by atoms with Gasteiger partial charge in [0, 0.05) is 25.7 Å². The lowest BCUT2D eigenvalue weighted by atomic mass is 10.0. The van der Waals surface area contributed by atoms with E-state index in [1.165, 1.54) is 109 Å². The van der Waals surface area contributed by atoms with Crippen LogP contribution in [-0.4, -0.2) is 96.7 Å². The third-order valence-electron chi connectivity index (χ3n) is 15.1. The zero-order valence-electron chi connectivity index (χ0n) is 55.2. The van der Waals surface area contributed by atoms with E-state index >= 15 is 0 Å². The molecule has 0 rings (SSSR count). The van der Waals surface area contributed by atoms with Crippen LogP contribution >= 0.6 is 15.6 Å². The second-order valence-corrected chi connectivity index (χ2v) is 28.7. The number of carbonyl (C=O) groups is 4. The topological polar surface area (TPSA) is 237 Å². The van der Waals surface area contributed by atoms with Crippen LogP contribution in [0.4, 0.5) is 0 Å². The van der Waals surface area contributed by atoms with Crippen molar-refractivity contribution in [1.82, 2.24) is 0 Å². The van der Waals surface area contributed by atoms with Gasteiger partial charge in [-0.2, -0.15) is 0 Å².